The first-order valence-corrected chi connectivity index (χ1v) is 17.8. The van der Waals surface area contributed by atoms with E-state index in [0.717, 1.165) is 32.2 Å². The zero-order valence-electron chi connectivity index (χ0n) is 29.0. The molecule has 4 aliphatic rings. The number of benzene rings is 2. The Bertz CT molecular complexity index is 2240. The van der Waals surface area contributed by atoms with Crippen molar-refractivity contribution >= 4 is 33.4 Å². The van der Waals surface area contributed by atoms with Crippen LogP contribution < -0.4 is 15.0 Å². The Labute approximate surface area is 305 Å². The number of nitrogens with zero attached hydrogens (tertiary/aromatic N) is 6. The predicted octanol–water partition coefficient (Wildman–Crippen LogP) is 4.72. The molecule has 0 spiro atoms. The van der Waals surface area contributed by atoms with Crippen molar-refractivity contribution in [2.75, 3.05) is 50.8 Å². The minimum Gasteiger partial charge on any atom is -0.508 e. The number of ether oxygens (including phenoxy) is 1. The van der Waals surface area contributed by atoms with E-state index in [2.05, 4.69) is 54.3 Å². The maximum absolute atomic E-state index is 17.0. The second-order valence-electron chi connectivity index (χ2n) is 14.3. The number of amides is 1. The number of fused-ring (bicyclic) bond motifs is 5. The monoisotopic (exact) mass is 721 g/mol. The predicted molar refractivity (Wildman–Crippen MR) is 195 cm³/mol. The van der Waals surface area contributed by atoms with Crippen LogP contribution in [0.2, 0.25) is 0 Å². The third-order valence-corrected chi connectivity index (χ3v) is 11.2. The summed E-state index contributed by atoms with van der Waals surface area (Å²) in [4.78, 5) is 32.0. The summed E-state index contributed by atoms with van der Waals surface area (Å²) in [7, 11) is 0. The van der Waals surface area contributed by atoms with Crippen LogP contribution in [0.1, 0.15) is 37.7 Å². The van der Waals surface area contributed by atoms with Gasteiger partial charge in [0, 0.05) is 55.3 Å². The lowest BCUT2D eigenvalue weighted by molar-refractivity contribution is -0.116. The zero-order valence-corrected chi connectivity index (χ0v) is 29.0. The van der Waals surface area contributed by atoms with Crippen LogP contribution >= 0.6 is 0 Å². The number of hydrogen-bond donors (Lipinski definition) is 2. The standard InChI is InChI=1S/C40H38F3N7O3/c1-3-29-32(42)11-8-24-16-28(51)17-30(34(24)29)36-35(43)37-31(19-45-36)38(47-39(46-37)53-23-40-12-7-14-49(40)20-25(41)18-40)48-21-26-9-10-27(22-48)50(26)15-6-5-13-44-33(52)4-2/h1,4,8,11,16-17,19,25-27,51H,2,7,9-10,12-15,18,20-23H2,(H,44,52)/t25-,26?,27?,40+/m1/s1. The van der Waals surface area contributed by atoms with Crippen molar-refractivity contribution in [3.63, 3.8) is 0 Å². The zero-order chi connectivity index (χ0) is 36.9. The molecule has 272 valence electrons. The fraction of sp³-hybridized carbons (Fsp3) is 0.400. The van der Waals surface area contributed by atoms with Gasteiger partial charge in [-0.3, -0.25) is 19.6 Å². The molecule has 0 saturated carbocycles. The smallest absolute Gasteiger partial charge is 0.319 e. The van der Waals surface area contributed by atoms with Crippen molar-refractivity contribution in [3.8, 4) is 47.2 Å². The van der Waals surface area contributed by atoms with Crippen molar-refractivity contribution < 1.29 is 27.8 Å². The van der Waals surface area contributed by atoms with Gasteiger partial charge in [0.2, 0.25) is 5.91 Å². The average Bonchev–Trinajstić information content (AvgIpc) is 3.75. The van der Waals surface area contributed by atoms with Crippen molar-refractivity contribution in [2.45, 2.75) is 55.9 Å². The van der Waals surface area contributed by atoms with Gasteiger partial charge in [-0.2, -0.15) is 9.97 Å². The number of nitrogens with one attached hydrogen (secondary N) is 1. The molecule has 0 radical (unpaired) electrons. The molecule has 13 heteroatoms. The van der Waals surface area contributed by atoms with E-state index < -0.39 is 23.3 Å². The lowest BCUT2D eigenvalue weighted by atomic mass is 9.95. The molecule has 10 nitrogen and oxygen atoms in total. The Morgan fingerprint density at radius 2 is 1.98 bits per heavy atom. The molecule has 0 aliphatic carbocycles. The van der Waals surface area contributed by atoms with Crippen molar-refractivity contribution in [1.82, 2.24) is 30.1 Å². The number of aromatic nitrogens is 3. The summed E-state index contributed by atoms with van der Waals surface area (Å²) in [6.45, 7) is 6.70. The topological polar surface area (TPSA) is 107 Å². The lowest BCUT2D eigenvalue weighted by Gasteiger charge is -2.41. The Balaban J connectivity index is 1.17. The third kappa shape index (κ3) is 6.28. The molecular weight excluding hydrogens is 683 g/mol. The molecule has 4 atom stereocenters. The van der Waals surface area contributed by atoms with Gasteiger partial charge in [-0.1, -0.05) is 30.4 Å². The number of halogens is 3. The van der Waals surface area contributed by atoms with E-state index in [1.807, 2.05) is 0 Å². The number of alkyl halides is 1. The van der Waals surface area contributed by atoms with Gasteiger partial charge in [-0.25, -0.2) is 13.2 Å². The van der Waals surface area contributed by atoms with Crippen LogP contribution in [0, 0.1) is 35.8 Å². The normalized spacial score (nSPS) is 23.8. The number of carbonyl (C=O) groups excluding carboxylic acids is 1. The number of phenols is 1. The molecular formula is C40H38F3N7O3. The fourth-order valence-electron chi connectivity index (χ4n) is 8.75. The molecule has 4 saturated heterocycles. The van der Waals surface area contributed by atoms with E-state index >= 15 is 4.39 Å². The van der Waals surface area contributed by atoms with Crippen LogP contribution in [-0.4, -0.2) is 105 Å². The van der Waals surface area contributed by atoms with Crippen molar-refractivity contribution in [1.29, 1.82) is 0 Å². The first-order valence-electron chi connectivity index (χ1n) is 17.8. The first-order chi connectivity index (χ1) is 25.7. The Kier molecular flexibility index (Phi) is 9.09. The van der Waals surface area contributed by atoms with Crippen molar-refractivity contribution in [3.05, 3.63) is 60.3 Å². The summed E-state index contributed by atoms with van der Waals surface area (Å²) in [6.07, 6.45) is 11.4. The number of piperazine rings is 1. The van der Waals surface area contributed by atoms with Gasteiger partial charge >= 0.3 is 6.01 Å². The third-order valence-electron chi connectivity index (χ3n) is 11.2. The van der Waals surface area contributed by atoms with E-state index in [1.165, 1.54) is 36.5 Å². The molecule has 2 aromatic carbocycles. The van der Waals surface area contributed by atoms with Crippen LogP contribution in [0.3, 0.4) is 0 Å². The number of aromatic hydroxyl groups is 1. The molecule has 6 heterocycles. The van der Waals surface area contributed by atoms with Crippen molar-refractivity contribution in [2.24, 2.45) is 0 Å². The molecule has 2 unspecified atom stereocenters. The van der Waals surface area contributed by atoms with Gasteiger partial charge in [0.25, 0.3) is 0 Å². The van der Waals surface area contributed by atoms with Gasteiger partial charge in [0.15, 0.2) is 5.82 Å². The highest BCUT2D eigenvalue weighted by atomic mass is 19.1. The van der Waals surface area contributed by atoms with Gasteiger partial charge < -0.3 is 20.1 Å². The molecule has 2 N–H and O–H groups in total. The van der Waals surface area contributed by atoms with Gasteiger partial charge in [0.1, 0.15) is 41.4 Å². The van der Waals surface area contributed by atoms with E-state index in [1.54, 1.807) is 0 Å². The summed E-state index contributed by atoms with van der Waals surface area (Å²) >= 11 is 0. The Hall–Kier alpha value is -5.37. The van der Waals surface area contributed by atoms with Crippen LogP contribution in [0.4, 0.5) is 19.0 Å². The lowest BCUT2D eigenvalue weighted by Crippen LogP contribution is -2.54. The van der Waals surface area contributed by atoms with E-state index in [-0.39, 0.29) is 70.6 Å². The molecule has 53 heavy (non-hydrogen) atoms. The second-order valence-corrected chi connectivity index (χ2v) is 14.3. The summed E-state index contributed by atoms with van der Waals surface area (Å²) in [5.74, 6) is 7.10. The Morgan fingerprint density at radius 1 is 1.17 bits per heavy atom. The maximum atomic E-state index is 17.0. The molecule has 2 bridgehead atoms. The van der Waals surface area contributed by atoms with Crippen LogP contribution in [0.25, 0.3) is 32.9 Å². The number of terminal acetylenes is 1. The number of rotatable bonds is 8. The molecule has 4 aromatic rings. The first kappa shape index (κ1) is 34.7. The quantitative estimate of drug-likeness (QED) is 0.198. The Morgan fingerprint density at radius 3 is 2.75 bits per heavy atom. The van der Waals surface area contributed by atoms with Gasteiger partial charge in [-0.05, 0) is 61.9 Å². The molecule has 4 aliphatic heterocycles. The largest absolute Gasteiger partial charge is 0.508 e. The van der Waals surface area contributed by atoms with E-state index in [0.29, 0.717) is 49.2 Å². The van der Waals surface area contributed by atoms with E-state index in [9.17, 15) is 18.7 Å². The second kappa shape index (κ2) is 13.9. The highest BCUT2D eigenvalue weighted by Gasteiger charge is 2.49. The number of hydrogen-bond acceptors (Lipinski definition) is 9. The summed E-state index contributed by atoms with van der Waals surface area (Å²) < 4.78 is 52.8. The van der Waals surface area contributed by atoms with Crippen LogP contribution in [0.5, 0.6) is 11.8 Å². The molecule has 1 amide bonds. The fourth-order valence-corrected chi connectivity index (χ4v) is 8.75. The summed E-state index contributed by atoms with van der Waals surface area (Å²) in [6, 6.07) is 5.69. The number of carbonyl (C=O) groups is 1. The SMILES string of the molecule is C#Cc1c(F)ccc2cc(O)cc(-c3ncc4c(N5CC6CCC(C5)N6CC#CCNC(=O)C=C)nc(OC[C@@]56CCCN5C[C@H](F)C6)nc4c3F)c12. The number of anilines is 1. The molecule has 4 fully saturated rings. The summed E-state index contributed by atoms with van der Waals surface area (Å²) in [5.41, 5.74) is -0.653. The minimum atomic E-state index is -0.949. The maximum Gasteiger partial charge on any atom is 0.319 e. The number of pyridine rings is 1. The van der Waals surface area contributed by atoms with Gasteiger partial charge in [-0.15, -0.1) is 6.42 Å². The van der Waals surface area contributed by atoms with E-state index in [4.69, 9.17) is 16.1 Å². The van der Waals surface area contributed by atoms with Crippen LogP contribution in [0.15, 0.2) is 43.1 Å². The minimum absolute atomic E-state index is 0.0366. The molecule has 8 rings (SSSR count). The number of phenolic OH excluding ortho intramolecular Hbond substituents is 1. The highest BCUT2D eigenvalue weighted by Crippen LogP contribution is 2.42. The van der Waals surface area contributed by atoms with Gasteiger partial charge in [0.05, 0.1) is 29.6 Å². The highest BCUT2D eigenvalue weighted by molar-refractivity contribution is 6.03. The van der Waals surface area contributed by atoms with Crippen LogP contribution in [-0.2, 0) is 4.79 Å². The summed E-state index contributed by atoms with van der Waals surface area (Å²) in [5, 5.41) is 14.3. The molecule has 2 aromatic heterocycles. The average molecular weight is 722 g/mol.